The van der Waals surface area contributed by atoms with Gasteiger partial charge >= 0.3 is 5.97 Å². The number of amides is 1. The van der Waals surface area contributed by atoms with Gasteiger partial charge in [0.15, 0.2) is 17.6 Å². The lowest BCUT2D eigenvalue weighted by molar-refractivity contribution is -0.139. The summed E-state index contributed by atoms with van der Waals surface area (Å²) in [5.41, 5.74) is 6.10. The minimum atomic E-state index is -1.08. The number of rotatable bonds is 10. The monoisotopic (exact) mass is 543 g/mol. The number of carboxylic acids is 1. The van der Waals surface area contributed by atoms with Crippen LogP contribution in [-0.2, 0) is 15.0 Å². The second-order valence-corrected chi connectivity index (χ2v) is 10.5. The van der Waals surface area contributed by atoms with Crippen LogP contribution in [0.4, 0.5) is 0 Å². The first-order valence-electron chi connectivity index (χ1n) is 12.2. The molecule has 0 bridgehead atoms. The summed E-state index contributed by atoms with van der Waals surface area (Å²) in [4.78, 5) is 23.3. The topological polar surface area (TPSA) is 119 Å². The van der Waals surface area contributed by atoms with Crippen molar-refractivity contribution in [1.82, 2.24) is 20.2 Å². The second-order valence-electron chi connectivity index (χ2n) is 9.61. The van der Waals surface area contributed by atoms with E-state index in [9.17, 15) is 9.59 Å². The lowest BCUT2D eigenvalue weighted by atomic mass is 9.87. The molecule has 0 aliphatic heterocycles. The van der Waals surface area contributed by atoms with Crippen molar-refractivity contribution >= 4 is 29.9 Å². The van der Waals surface area contributed by atoms with Gasteiger partial charge in [0.25, 0.3) is 5.91 Å². The summed E-state index contributed by atoms with van der Waals surface area (Å²) in [5, 5.41) is 22.2. The molecule has 0 fully saturated rings. The number of nitrogens with one attached hydrogen (secondary N) is 1. The largest absolute Gasteiger partial charge is 0.481 e. The summed E-state index contributed by atoms with van der Waals surface area (Å²) in [7, 11) is 0. The van der Waals surface area contributed by atoms with E-state index in [1.165, 1.54) is 23.5 Å². The third-order valence-electron chi connectivity index (χ3n) is 5.65. The first-order chi connectivity index (χ1) is 18.7. The number of hydrogen-bond acceptors (Lipinski definition) is 7. The maximum absolute atomic E-state index is 12.6. The van der Waals surface area contributed by atoms with Gasteiger partial charge in [0.05, 0.1) is 12.0 Å². The van der Waals surface area contributed by atoms with Gasteiger partial charge in [-0.1, -0.05) is 87.1 Å². The lowest BCUT2D eigenvalue weighted by Gasteiger charge is -2.19. The number of benzene rings is 3. The number of aromatic nitrogens is 3. The molecule has 0 aliphatic rings. The van der Waals surface area contributed by atoms with Crippen LogP contribution >= 0.6 is 11.8 Å². The standard InChI is InChI=1S/C29H29N5O4S/c1-29(2,3)22-15-13-20(14-16-22)27-32-33-28(34(27)23-10-5-4-6-11-23)39-19-25(35)31-30-17-21-9-7-8-12-24(21)38-18-26(36)37/h4-17H,18-19H2,1-3H3,(H,31,35)(H,36,37)/b30-17+. The normalized spacial score (nSPS) is 11.5. The number of para-hydroxylation sites is 2. The third-order valence-corrected chi connectivity index (χ3v) is 6.58. The highest BCUT2D eigenvalue weighted by molar-refractivity contribution is 7.99. The van der Waals surface area contributed by atoms with E-state index in [0.29, 0.717) is 22.3 Å². The van der Waals surface area contributed by atoms with Gasteiger partial charge in [-0.25, -0.2) is 10.2 Å². The van der Waals surface area contributed by atoms with Crippen LogP contribution in [0.5, 0.6) is 5.75 Å². The molecular formula is C29H29N5O4S. The van der Waals surface area contributed by atoms with E-state index < -0.39 is 12.6 Å². The van der Waals surface area contributed by atoms with E-state index in [4.69, 9.17) is 9.84 Å². The molecule has 9 nitrogen and oxygen atoms in total. The predicted octanol–water partition coefficient (Wildman–Crippen LogP) is 4.94. The van der Waals surface area contributed by atoms with Crippen molar-refractivity contribution in [3.63, 3.8) is 0 Å². The molecule has 0 spiro atoms. The van der Waals surface area contributed by atoms with Crippen LogP contribution < -0.4 is 10.2 Å². The molecule has 0 saturated carbocycles. The summed E-state index contributed by atoms with van der Waals surface area (Å²) in [6.07, 6.45) is 1.41. The van der Waals surface area contributed by atoms with E-state index in [1.807, 2.05) is 47.0 Å². The molecule has 4 aromatic rings. The summed E-state index contributed by atoms with van der Waals surface area (Å²) >= 11 is 1.25. The van der Waals surface area contributed by atoms with Crippen molar-refractivity contribution < 1.29 is 19.4 Å². The maximum atomic E-state index is 12.6. The first kappa shape index (κ1) is 27.6. The van der Waals surface area contributed by atoms with Crippen LogP contribution in [0, 0.1) is 0 Å². The summed E-state index contributed by atoms with van der Waals surface area (Å²) in [6, 6.07) is 24.9. The summed E-state index contributed by atoms with van der Waals surface area (Å²) in [6.45, 7) is 6.04. The minimum absolute atomic E-state index is 0.0378. The number of aliphatic carboxylic acids is 1. The van der Waals surface area contributed by atoms with Gasteiger partial charge in [-0.3, -0.25) is 9.36 Å². The number of hydrazone groups is 1. The average molecular weight is 544 g/mol. The molecule has 4 rings (SSSR count). The number of carbonyl (C=O) groups is 2. The van der Waals surface area contributed by atoms with Crippen LogP contribution in [0.3, 0.4) is 0 Å². The van der Waals surface area contributed by atoms with Gasteiger partial charge in [-0.05, 0) is 35.2 Å². The fourth-order valence-corrected chi connectivity index (χ4v) is 4.42. The van der Waals surface area contributed by atoms with Crippen molar-refractivity contribution in [1.29, 1.82) is 0 Å². The number of carboxylic acid groups (broad SMARTS) is 1. The van der Waals surface area contributed by atoms with Gasteiger partial charge < -0.3 is 9.84 Å². The Kier molecular flexibility index (Phi) is 8.77. The Morgan fingerprint density at radius 2 is 1.69 bits per heavy atom. The summed E-state index contributed by atoms with van der Waals surface area (Å²) < 4.78 is 7.19. The fourth-order valence-electron chi connectivity index (χ4n) is 3.67. The van der Waals surface area contributed by atoms with E-state index in [1.54, 1.807) is 24.3 Å². The van der Waals surface area contributed by atoms with Crippen LogP contribution in [0.15, 0.2) is 89.1 Å². The van der Waals surface area contributed by atoms with Gasteiger partial charge in [0, 0.05) is 16.8 Å². The van der Waals surface area contributed by atoms with Gasteiger partial charge in [-0.15, -0.1) is 10.2 Å². The van der Waals surface area contributed by atoms with Crippen molar-refractivity contribution in [2.24, 2.45) is 5.10 Å². The first-order valence-corrected chi connectivity index (χ1v) is 13.2. The maximum Gasteiger partial charge on any atom is 0.341 e. The van der Waals surface area contributed by atoms with Crippen LogP contribution in [-0.4, -0.2) is 50.3 Å². The number of hydrogen-bond donors (Lipinski definition) is 2. The SMILES string of the molecule is CC(C)(C)c1ccc(-c2nnc(SCC(=O)N/N=C/c3ccccc3OCC(=O)O)n2-c2ccccc2)cc1. The number of thioether (sulfide) groups is 1. The second kappa shape index (κ2) is 12.4. The molecule has 1 heterocycles. The quantitative estimate of drug-likeness (QED) is 0.165. The molecule has 200 valence electrons. The van der Waals surface area contributed by atoms with Gasteiger partial charge in [0.2, 0.25) is 0 Å². The Morgan fingerprint density at radius 1 is 1.00 bits per heavy atom. The Labute approximate surface area is 230 Å². The van der Waals surface area contributed by atoms with E-state index >= 15 is 0 Å². The average Bonchev–Trinajstić information content (AvgIpc) is 3.35. The molecule has 1 amide bonds. The van der Waals surface area contributed by atoms with Gasteiger partial charge in [-0.2, -0.15) is 5.10 Å². The number of carbonyl (C=O) groups excluding carboxylic acids is 1. The summed E-state index contributed by atoms with van der Waals surface area (Å²) in [5.74, 6) is -0.325. The van der Waals surface area contributed by atoms with Crippen LogP contribution in [0.25, 0.3) is 17.1 Å². The number of ether oxygens (including phenoxy) is 1. The highest BCUT2D eigenvalue weighted by atomic mass is 32.2. The fraction of sp³-hybridized carbons (Fsp3) is 0.207. The zero-order chi connectivity index (χ0) is 27.8. The Hall–Kier alpha value is -4.44. The Bertz CT molecular complexity index is 1460. The zero-order valence-electron chi connectivity index (χ0n) is 21.9. The highest BCUT2D eigenvalue weighted by Crippen LogP contribution is 2.30. The van der Waals surface area contributed by atoms with Crippen LogP contribution in [0.2, 0.25) is 0 Å². The molecule has 10 heteroatoms. The Morgan fingerprint density at radius 3 is 2.38 bits per heavy atom. The molecule has 1 aromatic heterocycles. The van der Waals surface area contributed by atoms with Crippen molar-refractivity contribution in [3.05, 3.63) is 90.0 Å². The molecule has 3 aromatic carbocycles. The van der Waals surface area contributed by atoms with E-state index in [2.05, 4.69) is 53.6 Å². The predicted molar refractivity (Wildman–Crippen MR) is 152 cm³/mol. The molecular weight excluding hydrogens is 514 g/mol. The van der Waals surface area contributed by atoms with Crippen molar-refractivity contribution in [3.8, 4) is 22.8 Å². The van der Waals surface area contributed by atoms with Crippen molar-refractivity contribution in [2.45, 2.75) is 31.3 Å². The molecule has 0 aliphatic carbocycles. The lowest BCUT2D eigenvalue weighted by Crippen LogP contribution is -2.20. The van der Waals surface area contributed by atoms with Crippen LogP contribution in [0.1, 0.15) is 31.9 Å². The smallest absolute Gasteiger partial charge is 0.341 e. The van der Waals surface area contributed by atoms with E-state index in [-0.39, 0.29) is 17.1 Å². The highest BCUT2D eigenvalue weighted by Gasteiger charge is 2.19. The molecule has 0 unspecified atom stereocenters. The molecule has 39 heavy (non-hydrogen) atoms. The Balaban J connectivity index is 1.47. The molecule has 0 saturated heterocycles. The zero-order valence-corrected chi connectivity index (χ0v) is 22.7. The molecule has 2 N–H and O–H groups in total. The van der Waals surface area contributed by atoms with Crippen molar-refractivity contribution in [2.75, 3.05) is 12.4 Å². The minimum Gasteiger partial charge on any atom is -0.481 e. The molecule has 0 radical (unpaired) electrons. The van der Waals surface area contributed by atoms with Gasteiger partial charge in [0.1, 0.15) is 5.75 Å². The number of nitrogens with zero attached hydrogens (tertiary/aromatic N) is 4. The van der Waals surface area contributed by atoms with E-state index in [0.717, 1.165) is 11.3 Å². The molecule has 0 atom stereocenters. The third kappa shape index (κ3) is 7.32.